The number of ether oxygens (including phenoxy) is 1. The monoisotopic (exact) mass is 224 g/mol. The van der Waals surface area contributed by atoms with Crippen molar-refractivity contribution >= 4 is 0 Å². The molecule has 0 aromatic heterocycles. The molecule has 3 nitrogen and oxygen atoms in total. The lowest BCUT2D eigenvalue weighted by atomic mass is 9.97. The molecule has 0 aromatic rings. The summed E-state index contributed by atoms with van der Waals surface area (Å²) >= 11 is 0. The lowest BCUT2D eigenvalue weighted by Crippen LogP contribution is -2.37. The molecule has 2 heterocycles. The SMILES string of the molecule is CN1CCC(CNCC2CCC=CO2)CC1. The van der Waals surface area contributed by atoms with Gasteiger partial charge in [0.15, 0.2) is 0 Å². The number of allylic oxidation sites excluding steroid dienone is 1. The highest BCUT2D eigenvalue weighted by Gasteiger charge is 2.17. The number of hydrogen-bond acceptors (Lipinski definition) is 3. The van der Waals surface area contributed by atoms with Gasteiger partial charge >= 0.3 is 0 Å². The predicted molar refractivity (Wildman–Crippen MR) is 66.3 cm³/mol. The second-order valence-electron chi connectivity index (χ2n) is 5.11. The number of nitrogens with one attached hydrogen (secondary N) is 1. The average molecular weight is 224 g/mol. The Bertz CT molecular complexity index is 222. The largest absolute Gasteiger partial charge is 0.497 e. The highest BCUT2D eigenvalue weighted by atomic mass is 16.5. The molecule has 1 N–H and O–H groups in total. The smallest absolute Gasteiger partial charge is 0.110 e. The van der Waals surface area contributed by atoms with E-state index in [0.29, 0.717) is 6.10 Å². The molecule has 1 saturated heterocycles. The molecule has 2 aliphatic heterocycles. The Balaban J connectivity index is 1.55. The number of piperidine rings is 1. The van der Waals surface area contributed by atoms with Crippen LogP contribution in [0, 0.1) is 5.92 Å². The van der Waals surface area contributed by atoms with Crippen LogP contribution in [-0.4, -0.2) is 44.2 Å². The van der Waals surface area contributed by atoms with E-state index in [1.165, 1.54) is 32.4 Å². The van der Waals surface area contributed by atoms with Crippen molar-refractivity contribution in [1.29, 1.82) is 0 Å². The van der Waals surface area contributed by atoms with Crippen LogP contribution in [0.15, 0.2) is 12.3 Å². The molecule has 0 aliphatic carbocycles. The summed E-state index contributed by atoms with van der Waals surface area (Å²) in [6, 6.07) is 0. The Labute approximate surface area is 98.8 Å². The number of nitrogens with zero attached hydrogens (tertiary/aromatic N) is 1. The summed E-state index contributed by atoms with van der Waals surface area (Å²) in [4.78, 5) is 2.42. The third-order valence-corrected chi connectivity index (χ3v) is 3.67. The van der Waals surface area contributed by atoms with Gasteiger partial charge in [-0.1, -0.05) is 0 Å². The fraction of sp³-hybridized carbons (Fsp3) is 0.846. The van der Waals surface area contributed by atoms with Gasteiger partial charge in [0.2, 0.25) is 0 Å². The van der Waals surface area contributed by atoms with Crippen LogP contribution in [0.4, 0.5) is 0 Å². The van der Waals surface area contributed by atoms with Gasteiger partial charge in [0.05, 0.1) is 6.26 Å². The average Bonchev–Trinajstić information content (AvgIpc) is 2.33. The number of hydrogen-bond donors (Lipinski definition) is 1. The van der Waals surface area contributed by atoms with Crippen LogP contribution in [0.1, 0.15) is 25.7 Å². The van der Waals surface area contributed by atoms with Gasteiger partial charge in [0.1, 0.15) is 6.10 Å². The van der Waals surface area contributed by atoms with E-state index in [9.17, 15) is 0 Å². The van der Waals surface area contributed by atoms with Gasteiger partial charge in [-0.25, -0.2) is 0 Å². The predicted octanol–water partition coefficient (Wildman–Crippen LogP) is 1.61. The lowest BCUT2D eigenvalue weighted by molar-refractivity contribution is 0.119. The summed E-state index contributed by atoms with van der Waals surface area (Å²) in [7, 11) is 2.21. The van der Waals surface area contributed by atoms with Crippen molar-refractivity contribution < 1.29 is 4.74 Å². The Kier molecular flexibility index (Phi) is 4.67. The molecule has 1 unspecified atom stereocenters. The zero-order valence-electron chi connectivity index (χ0n) is 10.3. The van der Waals surface area contributed by atoms with Crippen LogP contribution in [0.3, 0.4) is 0 Å². The molecule has 1 atom stereocenters. The molecule has 3 heteroatoms. The number of likely N-dealkylation sites (tertiary alicyclic amines) is 1. The van der Waals surface area contributed by atoms with Crippen molar-refractivity contribution in [2.45, 2.75) is 31.8 Å². The Morgan fingerprint density at radius 3 is 2.75 bits per heavy atom. The molecule has 0 aromatic carbocycles. The van der Waals surface area contributed by atoms with Gasteiger partial charge in [-0.3, -0.25) is 0 Å². The van der Waals surface area contributed by atoms with Gasteiger partial charge in [-0.15, -0.1) is 0 Å². The fourth-order valence-electron chi connectivity index (χ4n) is 2.45. The zero-order chi connectivity index (χ0) is 11.2. The van der Waals surface area contributed by atoms with E-state index in [4.69, 9.17) is 4.74 Å². The molecule has 16 heavy (non-hydrogen) atoms. The molecule has 0 bridgehead atoms. The minimum Gasteiger partial charge on any atom is -0.497 e. The minimum atomic E-state index is 0.399. The van der Waals surface area contributed by atoms with Crippen LogP contribution >= 0.6 is 0 Å². The van der Waals surface area contributed by atoms with E-state index in [1.807, 2.05) is 6.26 Å². The van der Waals surface area contributed by atoms with E-state index in [1.54, 1.807) is 0 Å². The first-order valence-electron chi connectivity index (χ1n) is 6.54. The quantitative estimate of drug-likeness (QED) is 0.785. The van der Waals surface area contributed by atoms with Crippen molar-refractivity contribution in [2.24, 2.45) is 5.92 Å². The minimum absolute atomic E-state index is 0.399. The van der Waals surface area contributed by atoms with E-state index in [-0.39, 0.29) is 0 Å². The van der Waals surface area contributed by atoms with Crippen molar-refractivity contribution in [2.75, 3.05) is 33.2 Å². The van der Waals surface area contributed by atoms with Crippen molar-refractivity contribution in [3.63, 3.8) is 0 Å². The van der Waals surface area contributed by atoms with Gasteiger partial charge < -0.3 is 15.0 Å². The van der Waals surface area contributed by atoms with Crippen LogP contribution in [-0.2, 0) is 4.74 Å². The molecule has 1 fully saturated rings. The summed E-state index contributed by atoms with van der Waals surface area (Å²) in [6.45, 7) is 4.69. The van der Waals surface area contributed by atoms with Crippen LogP contribution < -0.4 is 5.32 Å². The molecular formula is C13H24N2O. The highest BCUT2D eigenvalue weighted by molar-refractivity contribution is 4.83. The van der Waals surface area contributed by atoms with Crippen molar-refractivity contribution in [3.8, 4) is 0 Å². The highest BCUT2D eigenvalue weighted by Crippen LogP contribution is 2.15. The fourth-order valence-corrected chi connectivity index (χ4v) is 2.45. The van der Waals surface area contributed by atoms with Gasteiger partial charge in [0, 0.05) is 6.54 Å². The standard InChI is InChI=1S/C13H24N2O/c1-15-7-5-12(6-8-15)10-14-11-13-4-2-3-9-16-13/h3,9,12-14H,2,4-8,10-11H2,1H3. The second-order valence-corrected chi connectivity index (χ2v) is 5.11. The van der Waals surface area contributed by atoms with E-state index >= 15 is 0 Å². The van der Waals surface area contributed by atoms with Crippen LogP contribution in [0.5, 0.6) is 0 Å². The second kappa shape index (κ2) is 6.26. The maximum Gasteiger partial charge on any atom is 0.110 e. The molecule has 0 saturated carbocycles. The van der Waals surface area contributed by atoms with E-state index in [2.05, 4.69) is 23.3 Å². The van der Waals surface area contributed by atoms with Crippen LogP contribution in [0.25, 0.3) is 0 Å². The lowest BCUT2D eigenvalue weighted by Gasteiger charge is -2.29. The summed E-state index contributed by atoms with van der Waals surface area (Å²) in [5, 5.41) is 3.56. The Morgan fingerprint density at radius 2 is 2.06 bits per heavy atom. The maximum absolute atomic E-state index is 5.53. The zero-order valence-corrected chi connectivity index (χ0v) is 10.3. The van der Waals surface area contributed by atoms with E-state index in [0.717, 1.165) is 25.4 Å². The number of rotatable bonds is 4. The Morgan fingerprint density at radius 1 is 1.25 bits per heavy atom. The molecule has 2 aliphatic rings. The third-order valence-electron chi connectivity index (χ3n) is 3.67. The summed E-state index contributed by atoms with van der Waals surface area (Å²) in [5.41, 5.74) is 0. The Hall–Kier alpha value is -0.540. The maximum atomic E-state index is 5.53. The van der Waals surface area contributed by atoms with Gasteiger partial charge in [-0.05, 0) is 64.4 Å². The first-order valence-corrected chi connectivity index (χ1v) is 6.54. The van der Waals surface area contributed by atoms with E-state index < -0.39 is 0 Å². The summed E-state index contributed by atoms with van der Waals surface area (Å²) in [5.74, 6) is 0.871. The first-order chi connectivity index (χ1) is 7.84. The normalized spacial score (nSPS) is 27.9. The molecule has 0 amide bonds. The topological polar surface area (TPSA) is 24.5 Å². The molecule has 2 rings (SSSR count). The summed E-state index contributed by atoms with van der Waals surface area (Å²) in [6.07, 6.45) is 9.37. The first kappa shape index (κ1) is 11.9. The van der Waals surface area contributed by atoms with Crippen LogP contribution in [0.2, 0.25) is 0 Å². The summed E-state index contributed by atoms with van der Waals surface area (Å²) < 4.78 is 5.53. The molecular weight excluding hydrogens is 200 g/mol. The van der Waals surface area contributed by atoms with Crippen molar-refractivity contribution in [1.82, 2.24) is 10.2 Å². The van der Waals surface area contributed by atoms with Gasteiger partial charge in [-0.2, -0.15) is 0 Å². The molecule has 0 spiro atoms. The third kappa shape index (κ3) is 3.80. The van der Waals surface area contributed by atoms with Crippen molar-refractivity contribution in [3.05, 3.63) is 12.3 Å². The van der Waals surface area contributed by atoms with Gasteiger partial charge in [0.25, 0.3) is 0 Å². The molecule has 92 valence electrons. The molecule has 0 radical (unpaired) electrons.